The number of likely N-dealkylation sites (tertiary alicyclic amines) is 1. The summed E-state index contributed by atoms with van der Waals surface area (Å²) in [6.07, 6.45) is 2.52. The number of nitrogens with zero attached hydrogens (tertiary/aromatic N) is 1. The molecular formula is C28H31N3O3. The average molecular weight is 458 g/mol. The van der Waals surface area contributed by atoms with Gasteiger partial charge >= 0.3 is 5.97 Å². The minimum absolute atomic E-state index is 0.0159. The van der Waals surface area contributed by atoms with Crippen LogP contribution in [0.1, 0.15) is 35.2 Å². The first-order valence-corrected chi connectivity index (χ1v) is 11.8. The molecule has 1 fully saturated rings. The Balaban J connectivity index is 1.13. The van der Waals surface area contributed by atoms with E-state index in [0.29, 0.717) is 24.6 Å². The quantitative estimate of drug-likeness (QED) is 0.436. The topological polar surface area (TPSA) is 81.7 Å². The fourth-order valence-electron chi connectivity index (χ4n) is 4.30. The van der Waals surface area contributed by atoms with Crippen LogP contribution in [0.25, 0.3) is 11.1 Å². The predicted octanol–water partition coefficient (Wildman–Crippen LogP) is 4.63. The van der Waals surface area contributed by atoms with Crippen molar-refractivity contribution in [1.82, 2.24) is 10.2 Å². The van der Waals surface area contributed by atoms with Gasteiger partial charge in [0.2, 0.25) is 5.91 Å². The molecule has 0 atom stereocenters. The average Bonchev–Trinajstić information content (AvgIpc) is 2.86. The van der Waals surface area contributed by atoms with Crippen molar-refractivity contribution in [2.45, 2.75) is 31.8 Å². The van der Waals surface area contributed by atoms with Crippen LogP contribution in [0.4, 0.5) is 5.69 Å². The van der Waals surface area contributed by atoms with Crippen LogP contribution in [-0.4, -0.2) is 47.6 Å². The lowest BCUT2D eigenvalue weighted by molar-refractivity contribution is -0.116. The van der Waals surface area contributed by atoms with Crippen molar-refractivity contribution >= 4 is 17.6 Å². The summed E-state index contributed by atoms with van der Waals surface area (Å²) < 4.78 is 0. The number of hydrogen-bond acceptors (Lipinski definition) is 4. The van der Waals surface area contributed by atoms with Gasteiger partial charge in [-0.15, -0.1) is 0 Å². The van der Waals surface area contributed by atoms with Crippen molar-refractivity contribution in [3.63, 3.8) is 0 Å². The summed E-state index contributed by atoms with van der Waals surface area (Å²) in [5, 5.41) is 15.5. The van der Waals surface area contributed by atoms with Crippen LogP contribution in [-0.2, 0) is 11.3 Å². The highest BCUT2D eigenvalue weighted by molar-refractivity contribution is 5.91. The first-order valence-electron chi connectivity index (χ1n) is 11.8. The highest BCUT2D eigenvalue weighted by atomic mass is 16.4. The highest BCUT2D eigenvalue weighted by Crippen LogP contribution is 2.21. The van der Waals surface area contributed by atoms with Crippen molar-refractivity contribution in [1.29, 1.82) is 0 Å². The Bertz CT molecular complexity index is 1070. The largest absolute Gasteiger partial charge is 0.478 e. The molecule has 0 aliphatic carbocycles. The zero-order valence-electron chi connectivity index (χ0n) is 19.2. The van der Waals surface area contributed by atoms with Gasteiger partial charge < -0.3 is 15.7 Å². The minimum Gasteiger partial charge on any atom is -0.478 e. The van der Waals surface area contributed by atoms with Crippen LogP contribution in [0.3, 0.4) is 0 Å². The summed E-state index contributed by atoms with van der Waals surface area (Å²) in [6, 6.07) is 25.6. The van der Waals surface area contributed by atoms with Crippen molar-refractivity contribution < 1.29 is 14.7 Å². The van der Waals surface area contributed by atoms with Gasteiger partial charge in [-0.3, -0.25) is 9.69 Å². The maximum atomic E-state index is 12.3. The molecule has 0 aromatic heterocycles. The number of carbonyl (C=O) groups excluding carboxylic acids is 1. The minimum atomic E-state index is -0.895. The standard InChI is InChI=1S/C28H31N3O3/c32-27(30-26-12-10-23(11-13-26)22-4-2-1-3-5-22)14-17-29-25-15-18-31(19-16-25)20-21-6-8-24(9-7-21)28(33)34/h1-13,25,29H,14-20H2,(H,30,32)(H,33,34). The molecule has 1 aliphatic rings. The second-order valence-corrected chi connectivity index (χ2v) is 8.75. The van der Waals surface area contributed by atoms with E-state index in [1.165, 1.54) is 0 Å². The molecule has 3 N–H and O–H groups in total. The number of carboxylic acids is 1. The Labute approximate surface area is 200 Å². The lowest BCUT2D eigenvalue weighted by Gasteiger charge is -2.32. The molecule has 3 aromatic carbocycles. The Kier molecular flexibility index (Phi) is 8.07. The van der Waals surface area contributed by atoms with Crippen molar-refractivity contribution in [2.75, 3.05) is 25.0 Å². The van der Waals surface area contributed by atoms with E-state index >= 15 is 0 Å². The third-order valence-corrected chi connectivity index (χ3v) is 6.26. The number of nitrogens with one attached hydrogen (secondary N) is 2. The molecule has 0 unspecified atom stereocenters. The van der Waals surface area contributed by atoms with Crippen LogP contribution >= 0.6 is 0 Å². The second-order valence-electron chi connectivity index (χ2n) is 8.75. The molecule has 1 aliphatic heterocycles. The lowest BCUT2D eigenvalue weighted by atomic mass is 10.0. The Hall–Kier alpha value is -3.48. The van der Waals surface area contributed by atoms with Gasteiger partial charge in [0.05, 0.1) is 5.56 Å². The third-order valence-electron chi connectivity index (χ3n) is 6.26. The molecule has 0 bridgehead atoms. The Morgan fingerprint density at radius 1 is 0.853 bits per heavy atom. The Morgan fingerprint density at radius 3 is 2.15 bits per heavy atom. The van der Waals surface area contributed by atoms with E-state index in [0.717, 1.165) is 54.9 Å². The van der Waals surface area contributed by atoms with Crippen LogP contribution in [0.5, 0.6) is 0 Å². The van der Waals surface area contributed by atoms with Gasteiger partial charge in [-0.1, -0.05) is 54.6 Å². The van der Waals surface area contributed by atoms with Gasteiger partial charge in [-0.25, -0.2) is 4.79 Å². The number of carboxylic acid groups (broad SMARTS) is 1. The molecule has 3 aromatic rings. The molecule has 0 saturated carbocycles. The molecule has 6 heteroatoms. The van der Waals surface area contributed by atoms with E-state index in [4.69, 9.17) is 5.11 Å². The fraction of sp³-hybridized carbons (Fsp3) is 0.286. The number of anilines is 1. The van der Waals surface area contributed by atoms with E-state index in [-0.39, 0.29) is 5.91 Å². The fourth-order valence-corrected chi connectivity index (χ4v) is 4.30. The van der Waals surface area contributed by atoms with Crippen LogP contribution in [0, 0.1) is 0 Å². The second kappa shape index (κ2) is 11.6. The zero-order valence-corrected chi connectivity index (χ0v) is 19.2. The molecule has 1 saturated heterocycles. The van der Waals surface area contributed by atoms with E-state index in [1.54, 1.807) is 12.1 Å². The number of rotatable bonds is 9. The maximum absolute atomic E-state index is 12.3. The van der Waals surface area contributed by atoms with E-state index < -0.39 is 5.97 Å². The van der Waals surface area contributed by atoms with Crippen molar-refractivity contribution in [3.8, 4) is 11.1 Å². The number of carbonyl (C=O) groups is 2. The number of hydrogen-bond donors (Lipinski definition) is 3. The molecule has 1 heterocycles. The van der Waals surface area contributed by atoms with Gasteiger partial charge in [0, 0.05) is 31.2 Å². The Morgan fingerprint density at radius 2 is 1.50 bits per heavy atom. The molecule has 4 rings (SSSR count). The summed E-state index contributed by atoms with van der Waals surface area (Å²) in [6.45, 7) is 3.46. The van der Waals surface area contributed by atoms with E-state index in [9.17, 15) is 9.59 Å². The molecular weight excluding hydrogens is 426 g/mol. The zero-order chi connectivity index (χ0) is 23.8. The third kappa shape index (κ3) is 6.76. The summed E-state index contributed by atoms with van der Waals surface area (Å²) in [5.41, 5.74) is 4.55. The lowest BCUT2D eigenvalue weighted by Crippen LogP contribution is -2.42. The van der Waals surface area contributed by atoms with Gasteiger partial charge in [0.1, 0.15) is 0 Å². The van der Waals surface area contributed by atoms with Gasteiger partial charge in [0.25, 0.3) is 0 Å². The number of benzene rings is 3. The summed E-state index contributed by atoms with van der Waals surface area (Å²) in [5.74, 6) is -0.879. The van der Waals surface area contributed by atoms with Crippen molar-refractivity contribution in [3.05, 3.63) is 90.0 Å². The number of aromatic carboxylic acids is 1. The highest BCUT2D eigenvalue weighted by Gasteiger charge is 2.19. The first-order chi connectivity index (χ1) is 16.6. The van der Waals surface area contributed by atoms with Crippen LogP contribution in [0.2, 0.25) is 0 Å². The van der Waals surface area contributed by atoms with Gasteiger partial charge in [0.15, 0.2) is 0 Å². The van der Waals surface area contributed by atoms with Gasteiger partial charge in [-0.2, -0.15) is 0 Å². The summed E-state index contributed by atoms with van der Waals surface area (Å²) in [7, 11) is 0. The van der Waals surface area contributed by atoms with Gasteiger partial charge in [-0.05, 0) is 66.9 Å². The van der Waals surface area contributed by atoms with E-state index in [1.807, 2.05) is 54.6 Å². The molecule has 34 heavy (non-hydrogen) atoms. The molecule has 0 radical (unpaired) electrons. The maximum Gasteiger partial charge on any atom is 0.335 e. The molecule has 0 spiro atoms. The van der Waals surface area contributed by atoms with Crippen LogP contribution in [0.15, 0.2) is 78.9 Å². The number of amides is 1. The van der Waals surface area contributed by atoms with Crippen LogP contribution < -0.4 is 10.6 Å². The smallest absolute Gasteiger partial charge is 0.335 e. The summed E-state index contributed by atoms with van der Waals surface area (Å²) in [4.78, 5) is 25.7. The number of piperidine rings is 1. The molecule has 176 valence electrons. The van der Waals surface area contributed by atoms with Crippen molar-refractivity contribution in [2.24, 2.45) is 0 Å². The normalized spacial score (nSPS) is 14.6. The summed E-state index contributed by atoms with van der Waals surface area (Å²) >= 11 is 0. The van der Waals surface area contributed by atoms with E-state index in [2.05, 4.69) is 27.7 Å². The predicted molar refractivity (Wildman–Crippen MR) is 135 cm³/mol. The first kappa shape index (κ1) is 23.7. The SMILES string of the molecule is O=C(CCNC1CCN(Cc2ccc(C(=O)O)cc2)CC1)Nc1ccc(-c2ccccc2)cc1. The molecule has 6 nitrogen and oxygen atoms in total. The molecule has 1 amide bonds. The monoisotopic (exact) mass is 457 g/mol.